The van der Waals surface area contributed by atoms with Gasteiger partial charge in [-0.3, -0.25) is 0 Å². The maximum Gasteiger partial charge on any atom is 0.125 e. The second-order valence-electron chi connectivity index (χ2n) is 3.01. The number of hydrogen-bond acceptors (Lipinski definition) is 2. The zero-order chi connectivity index (χ0) is 9.68. The Morgan fingerprint density at radius 2 is 2.23 bits per heavy atom. The summed E-state index contributed by atoms with van der Waals surface area (Å²) >= 11 is 0. The summed E-state index contributed by atoms with van der Waals surface area (Å²) in [6.45, 7) is 2.95. The van der Waals surface area contributed by atoms with E-state index in [-0.39, 0.29) is 5.82 Å². The largest absolute Gasteiger partial charge is 0.397 e. The maximum absolute atomic E-state index is 12.8. The average Bonchev–Trinajstić information content (AvgIpc) is 2.11. The Kier molecular flexibility index (Phi) is 3.55. The lowest BCUT2D eigenvalue weighted by Crippen LogP contribution is -2.03. The van der Waals surface area contributed by atoms with Gasteiger partial charge in [-0.25, -0.2) is 4.39 Å². The molecule has 0 heterocycles. The van der Waals surface area contributed by atoms with Crippen LogP contribution in [0.4, 0.5) is 15.8 Å². The summed E-state index contributed by atoms with van der Waals surface area (Å²) in [4.78, 5) is 0. The third kappa shape index (κ3) is 2.93. The van der Waals surface area contributed by atoms with Crippen molar-refractivity contribution in [2.75, 3.05) is 17.6 Å². The summed E-state index contributed by atoms with van der Waals surface area (Å²) in [7, 11) is 0. The summed E-state index contributed by atoms with van der Waals surface area (Å²) in [5, 5.41) is 3.09. The lowest BCUT2D eigenvalue weighted by Gasteiger charge is -2.08. The highest BCUT2D eigenvalue weighted by atomic mass is 19.1. The molecule has 0 aliphatic carbocycles. The highest BCUT2D eigenvalue weighted by molar-refractivity contribution is 5.65. The molecular weight excluding hydrogens is 167 g/mol. The van der Waals surface area contributed by atoms with E-state index in [0.717, 1.165) is 19.4 Å². The van der Waals surface area contributed by atoms with Crippen LogP contribution in [-0.2, 0) is 0 Å². The number of nitrogens with one attached hydrogen (secondary N) is 1. The molecule has 0 aliphatic heterocycles. The molecule has 0 aromatic heterocycles. The Morgan fingerprint density at radius 3 is 2.92 bits per heavy atom. The molecule has 0 aliphatic rings. The van der Waals surface area contributed by atoms with E-state index in [1.165, 1.54) is 12.1 Å². The first kappa shape index (κ1) is 9.84. The van der Waals surface area contributed by atoms with Gasteiger partial charge in [0.2, 0.25) is 0 Å². The standard InChI is InChI=1S/C10H15FN2/c1-2-3-6-13-10-7-8(11)4-5-9(10)12/h4-5,7,13H,2-3,6,12H2,1H3. The molecule has 0 amide bonds. The van der Waals surface area contributed by atoms with E-state index in [2.05, 4.69) is 12.2 Å². The van der Waals surface area contributed by atoms with Gasteiger partial charge in [0.05, 0.1) is 11.4 Å². The molecule has 0 bridgehead atoms. The predicted molar refractivity (Wildman–Crippen MR) is 54.2 cm³/mol. The number of nitrogens with two attached hydrogens (primary N) is 1. The topological polar surface area (TPSA) is 38.0 Å². The van der Waals surface area contributed by atoms with Crippen LogP contribution >= 0.6 is 0 Å². The van der Waals surface area contributed by atoms with Crippen LogP contribution < -0.4 is 11.1 Å². The van der Waals surface area contributed by atoms with Gasteiger partial charge in [-0.2, -0.15) is 0 Å². The highest BCUT2D eigenvalue weighted by Gasteiger charge is 1.98. The van der Waals surface area contributed by atoms with Crippen LogP contribution in [0.2, 0.25) is 0 Å². The number of halogens is 1. The fourth-order valence-corrected chi connectivity index (χ4v) is 1.08. The molecular formula is C10H15FN2. The zero-order valence-electron chi connectivity index (χ0n) is 7.81. The van der Waals surface area contributed by atoms with Crippen molar-refractivity contribution in [3.05, 3.63) is 24.0 Å². The molecule has 1 aromatic rings. The van der Waals surface area contributed by atoms with Crippen LogP contribution in [0.5, 0.6) is 0 Å². The second-order valence-corrected chi connectivity index (χ2v) is 3.01. The van der Waals surface area contributed by atoms with Crippen molar-refractivity contribution in [1.29, 1.82) is 0 Å². The third-order valence-corrected chi connectivity index (χ3v) is 1.86. The Labute approximate surface area is 77.9 Å². The van der Waals surface area contributed by atoms with Gasteiger partial charge in [0.15, 0.2) is 0 Å². The first-order valence-electron chi connectivity index (χ1n) is 4.53. The molecule has 1 rings (SSSR count). The maximum atomic E-state index is 12.8. The minimum absolute atomic E-state index is 0.256. The SMILES string of the molecule is CCCCNc1cc(F)ccc1N. The van der Waals surface area contributed by atoms with Crippen molar-refractivity contribution in [2.24, 2.45) is 0 Å². The van der Waals surface area contributed by atoms with Gasteiger partial charge in [0, 0.05) is 6.54 Å². The fraction of sp³-hybridized carbons (Fsp3) is 0.400. The average molecular weight is 182 g/mol. The lowest BCUT2D eigenvalue weighted by molar-refractivity contribution is 0.628. The van der Waals surface area contributed by atoms with Crippen molar-refractivity contribution in [1.82, 2.24) is 0 Å². The van der Waals surface area contributed by atoms with E-state index in [1.807, 2.05) is 0 Å². The van der Waals surface area contributed by atoms with Gasteiger partial charge in [0.1, 0.15) is 5.82 Å². The molecule has 3 N–H and O–H groups in total. The minimum atomic E-state index is -0.256. The number of hydrogen-bond donors (Lipinski definition) is 2. The van der Waals surface area contributed by atoms with Crippen molar-refractivity contribution in [2.45, 2.75) is 19.8 Å². The molecule has 0 saturated heterocycles. The van der Waals surface area contributed by atoms with Crippen molar-refractivity contribution in [3.8, 4) is 0 Å². The molecule has 0 radical (unpaired) electrons. The van der Waals surface area contributed by atoms with Crippen LogP contribution in [0.25, 0.3) is 0 Å². The van der Waals surface area contributed by atoms with Gasteiger partial charge in [-0.1, -0.05) is 13.3 Å². The Hall–Kier alpha value is -1.25. The van der Waals surface area contributed by atoms with Gasteiger partial charge >= 0.3 is 0 Å². The molecule has 2 nitrogen and oxygen atoms in total. The number of benzene rings is 1. The predicted octanol–water partition coefficient (Wildman–Crippen LogP) is 2.62. The number of anilines is 2. The normalized spacial score (nSPS) is 10.0. The van der Waals surface area contributed by atoms with Crippen LogP contribution in [-0.4, -0.2) is 6.54 Å². The summed E-state index contributed by atoms with van der Waals surface area (Å²) in [6.07, 6.45) is 2.18. The van der Waals surface area contributed by atoms with Gasteiger partial charge in [0.25, 0.3) is 0 Å². The number of rotatable bonds is 4. The highest BCUT2D eigenvalue weighted by Crippen LogP contribution is 2.18. The first-order chi connectivity index (χ1) is 6.24. The van der Waals surface area contributed by atoms with Gasteiger partial charge in [-0.05, 0) is 24.6 Å². The van der Waals surface area contributed by atoms with E-state index in [1.54, 1.807) is 6.07 Å². The van der Waals surface area contributed by atoms with Crippen molar-refractivity contribution < 1.29 is 4.39 Å². The molecule has 13 heavy (non-hydrogen) atoms. The van der Waals surface area contributed by atoms with Crippen LogP contribution in [0, 0.1) is 5.82 Å². The molecule has 0 atom stereocenters. The van der Waals surface area contributed by atoms with E-state index in [0.29, 0.717) is 11.4 Å². The van der Waals surface area contributed by atoms with Crippen molar-refractivity contribution >= 4 is 11.4 Å². The van der Waals surface area contributed by atoms with Gasteiger partial charge < -0.3 is 11.1 Å². The smallest absolute Gasteiger partial charge is 0.125 e. The molecule has 1 aromatic carbocycles. The molecule has 0 fully saturated rings. The summed E-state index contributed by atoms with van der Waals surface area (Å²) in [5.74, 6) is -0.256. The zero-order valence-corrected chi connectivity index (χ0v) is 7.81. The second kappa shape index (κ2) is 4.70. The fourth-order valence-electron chi connectivity index (χ4n) is 1.08. The Balaban J connectivity index is 2.59. The molecule has 3 heteroatoms. The Bertz CT molecular complexity index is 274. The van der Waals surface area contributed by atoms with E-state index in [9.17, 15) is 4.39 Å². The van der Waals surface area contributed by atoms with Crippen LogP contribution in [0.15, 0.2) is 18.2 Å². The summed E-state index contributed by atoms with van der Waals surface area (Å²) in [5.41, 5.74) is 6.93. The number of nitrogen functional groups attached to an aromatic ring is 1. The van der Waals surface area contributed by atoms with E-state index in [4.69, 9.17) is 5.73 Å². The monoisotopic (exact) mass is 182 g/mol. The molecule has 72 valence electrons. The van der Waals surface area contributed by atoms with Crippen LogP contribution in [0.3, 0.4) is 0 Å². The molecule has 0 spiro atoms. The van der Waals surface area contributed by atoms with Crippen LogP contribution in [0.1, 0.15) is 19.8 Å². The third-order valence-electron chi connectivity index (χ3n) is 1.86. The minimum Gasteiger partial charge on any atom is -0.397 e. The van der Waals surface area contributed by atoms with Gasteiger partial charge in [-0.15, -0.1) is 0 Å². The van der Waals surface area contributed by atoms with E-state index < -0.39 is 0 Å². The lowest BCUT2D eigenvalue weighted by atomic mass is 10.2. The van der Waals surface area contributed by atoms with E-state index >= 15 is 0 Å². The summed E-state index contributed by atoms with van der Waals surface area (Å²) < 4.78 is 12.8. The summed E-state index contributed by atoms with van der Waals surface area (Å²) in [6, 6.07) is 4.36. The Morgan fingerprint density at radius 1 is 1.46 bits per heavy atom. The quantitative estimate of drug-likeness (QED) is 0.555. The molecule has 0 unspecified atom stereocenters. The first-order valence-corrected chi connectivity index (χ1v) is 4.53. The molecule has 0 saturated carbocycles. The number of unbranched alkanes of at least 4 members (excludes halogenated alkanes) is 1. The van der Waals surface area contributed by atoms with Crippen molar-refractivity contribution in [3.63, 3.8) is 0 Å².